The molecule has 0 unspecified atom stereocenters. The van der Waals surface area contributed by atoms with E-state index in [9.17, 15) is 0 Å². The highest BCUT2D eigenvalue weighted by Gasteiger charge is 2.18. The topological polar surface area (TPSA) is 58.0 Å². The first kappa shape index (κ1) is 24.5. The van der Waals surface area contributed by atoms with E-state index in [2.05, 4.69) is 135 Å². The normalized spacial score (nSPS) is 11.6. The maximum atomic E-state index is 6.70. The van der Waals surface area contributed by atoms with E-state index in [1.807, 2.05) is 24.3 Å². The maximum Gasteiger partial charge on any atom is 0.251 e. The van der Waals surface area contributed by atoms with Crippen LogP contribution in [-0.4, -0.2) is 19.3 Å². The van der Waals surface area contributed by atoms with E-state index in [1.54, 1.807) is 0 Å². The Morgan fingerprint density at radius 1 is 0.500 bits per heavy atom. The van der Waals surface area contributed by atoms with E-state index in [1.165, 1.54) is 27.9 Å². The molecule has 3 heterocycles. The molecule has 0 atom stereocenters. The Morgan fingerprint density at radius 2 is 0.955 bits per heavy atom. The molecular weight excluding hydrogens is 544 g/mol. The van der Waals surface area contributed by atoms with Gasteiger partial charge in [0.1, 0.15) is 11.5 Å². The van der Waals surface area contributed by atoms with Crippen molar-refractivity contribution in [1.82, 2.24) is 19.3 Å². The van der Waals surface area contributed by atoms with Crippen molar-refractivity contribution in [3.05, 3.63) is 146 Å². The molecule has 3 aromatic heterocycles. The maximum absolute atomic E-state index is 6.70. The number of benzene rings is 6. The number of para-hydroxylation sites is 5. The SMILES string of the molecule is c1ccc(-c2nnco2)c(Oc2cc(-n3c4ccccc4c4ccccc43)cc(-n3c4ccccc4c4ccccc43)c2)c1. The molecule has 9 aromatic rings. The molecule has 0 saturated carbocycles. The van der Waals surface area contributed by atoms with Crippen LogP contribution in [0.5, 0.6) is 11.5 Å². The van der Waals surface area contributed by atoms with E-state index in [0.29, 0.717) is 17.4 Å². The number of hydrogen-bond donors (Lipinski definition) is 0. The minimum absolute atomic E-state index is 0.404. The summed E-state index contributed by atoms with van der Waals surface area (Å²) in [6.45, 7) is 0. The van der Waals surface area contributed by atoms with E-state index >= 15 is 0 Å². The van der Waals surface area contributed by atoms with Gasteiger partial charge in [-0.05, 0) is 42.5 Å². The third-order valence-corrected chi connectivity index (χ3v) is 8.26. The number of aromatic nitrogens is 4. The van der Waals surface area contributed by atoms with E-state index < -0.39 is 0 Å². The first-order valence-electron chi connectivity index (χ1n) is 14.5. The molecule has 9 rings (SSSR count). The first-order chi connectivity index (χ1) is 21.8. The lowest BCUT2D eigenvalue weighted by Gasteiger charge is -2.16. The average Bonchev–Trinajstić information content (AvgIpc) is 3.80. The predicted molar refractivity (Wildman–Crippen MR) is 175 cm³/mol. The van der Waals surface area contributed by atoms with Gasteiger partial charge >= 0.3 is 0 Å². The fourth-order valence-corrected chi connectivity index (χ4v) is 6.44. The Hall–Kier alpha value is -6.14. The largest absolute Gasteiger partial charge is 0.456 e. The minimum Gasteiger partial charge on any atom is -0.456 e. The third-order valence-electron chi connectivity index (χ3n) is 8.26. The summed E-state index contributed by atoms with van der Waals surface area (Å²) in [4.78, 5) is 0. The molecule has 6 aromatic carbocycles. The molecule has 0 amide bonds. The second-order valence-corrected chi connectivity index (χ2v) is 10.8. The van der Waals surface area contributed by atoms with Crippen LogP contribution in [-0.2, 0) is 0 Å². The van der Waals surface area contributed by atoms with E-state index in [4.69, 9.17) is 9.15 Å². The van der Waals surface area contributed by atoms with Gasteiger partial charge < -0.3 is 18.3 Å². The van der Waals surface area contributed by atoms with Crippen LogP contribution in [0, 0.1) is 0 Å². The molecule has 0 aliphatic carbocycles. The molecule has 6 nitrogen and oxygen atoms in total. The Morgan fingerprint density at radius 3 is 1.43 bits per heavy atom. The van der Waals surface area contributed by atoms with Crippen molar-refractivity contribution in [2.45, 2.75) is 0 Å². The summed E-state index contributed by atoms with van der Waals surface area (Å²) in [6.07, 6.45) is 1.33. The molecule has 0 saturated heterocycles. The Labute approximate surface area is 252 Å². The number of fused-ring (bicyclic) bond motifs is 6. The second kappa shape index (κ2) is 9.71. The minimum atomic E-state index is 0.404. The summed E-state index contributed by atoms with van der Waals surface area (Å²) in [6, 6.07) is 48.3. The third kappa shape index (κ3) is 3.75. The summed E-state index contributed by atoms with van der Waals surface area (Å²) in [5, 5.41) is 12.8. The lowest BCUT2D eigenvalue weighted by molar-refractivity contribution is 0.479. The highest BCUT2D eigenvalue weighted by molar-refractivity contribution is 6.10. The van der Waals surface area contributed by atoms with Crippen LogP contribution in [0.4, 0.5) is 0 Å². The first-order valence-corrected chi connectivity index (χ1v) is 14.5. The Kier molecular flexibility index (Phi) is 5.40. The zero-order valence-electron chi connectivity index (χ0n) is 23.5. The quantitative estimate of drug-likeness (QED) is 0.207. The van der Waals surface area contributed by atoms with Gasteiger partial charge in [-0.25, -0.2) is 0 Å². The molecule has 0 aliphatic heterocycles. The van der Waals surface area contributed by atoms with Gasteiger partial charge in [-0.2, -0.15) is 0 Å². The number of nitrogens with zero attached hydrogens (tertiary/aromatic N) is 4. The molecule has 0 fully saturated rings. The summed E-state index contributed by atoms with van der Waals surface area (Å²) in [5.41, 5.74) is 7.23. The Bertz CT molecular complexity index is 2250. The van der Waals surface area contributed by atoms with Crippen LogP contribution < -0.4 is 4.74 Å². The zero-order valence-corrected chi connectivity index (χ0v) is 23.5. The van der Waals surface area contributed by atoms with Crippen LogP contribution in [0.1, 0.15) is 0 Å². The second-order valence-electron chi connectivity index (χ2n) is 10.8. The highest BCUT2D eigenvalue weighted by atomic mass is 16.5. The van der Waals surface area contributed by atoms with Crippen LogP contribution in [0.15, 0.2) is 150 Å². The molecular formula is C38H24N4O2. The fraction of sp³-hybridized carbons (Fsp3) is 0. The molecule has 6 heteroatoms. The molecule has 208 valence electrons. The van der Waals surface area contributed by atoms with Crippen molar-refractivity contribution >= 4 is 43.6 Å². The highest BCUT2D eigenvalue weighted by Crippen LogP contribution is 2.39. The van der Waals surface area contributed by atoms with Gasteiger partial charge in [-0.1, -0.05) is 84.9 Å². The number of hydrogen-bond acceptors (Lipinski definition) is 4. The van der Waals surface area contributed by atoms with Gasteiger partial charge in [0.2, 0.25) is 6.39 Å². The van der Waals surface area contributed by atoms with Gasteiger partial charge in [-0.3, -0.25) is 0 Å². The number of ether oxygens (including phenoxy) is 1. The summed E-state index contributed by atoms with van der Waals surface area (Å²) in [5.74, 6) is 1.72. The van der Waals surface area contributed by atoms with Crippen LogP contribution >= 0.6 is 0 Å². The van der Waals surface area contributed by atoms with Gasteiger partial charge in [0.15, 0.2) is 0 Å². The molecule has 0 spiro atoms. The monoisotopic (exact) mass is 568 g/mol. The van der Waals surface area contributed by atoms with Crippen molar-refractivity contribution in [2.75, 3.05) is 0 Å². The summed E-state index contributed by atoms with van der Waals surface area (Å²) < 4.78 is 16.9. The van der Waals surface area contributed by atoms with E-state index in [-0.39, 0.29) is 0 Å². The average molecular weight is 569 g/mol. The lowest BCUT2D eigenvalue weighted by atomic mass is 10.2. The molecule has 0 bridgehead atoms. The molecule has 0 N–H and O–H groups in total. The summed E-state index contributed by atoms with van der Waals surface area (Å²) in [7, 11) is 0. The standard InChI is InChI=1S/C38H24N4O2/c1-6-16-33-28(11-1)29-12-2-7-17-34(29)41(33)25-21-26(42-35-18-8-3-13-30(35)31-14-4-9-19-36(31)42)23-27(22-25)44-37-20-10-5-15-32(37)38-40-39-24-43-38/h1-24H. The van der Waals surface area contributed by atoms with Crippen molar-refractivity contribution in [2.24, 2.45) is 0 Å². The van der Waals surface area contributed by atoms with Gasteiger partial charge in [0, 0.05) is 33.7 Å². The summed E-state index contributed by atoms with van der Waals surface area (Å²) >= 11 is 0. The smallest absolute Gasteiger partial charge is 0.251 e. The van der Waals surface area contributed by atoms with Gasteiger partial charge in [-0.15, -0.1) is 10.2 Å². The van der Waals surface area contributed by atoms with Crippen molar-refractivity contribution in [1.29, 1.82) is 0 Å². The Balaban J connectivity index is 1.34. The van der Waals surface area contributed by atoms with Crippen molar-refractivity contribution < 1.29 is 9.15 Å². The fourth-order valence-electron chi connectivity index (χ4n) is 6.44. The van der Waals surface area contributed by atoms with Crippen LogP contribution in [0.2, 0.25) is 0 Å². The molecule has 44 heavy (non-hydrogen) atoms. The van der Waals surface area contributed by atoms with Crippen molar-refractivity contribution in [3.8, 4) is 34.3 Å². The zero-order chi connectivity index (χ0) is 29.0. The lowest BCUT2D eigenvalue weighted by Crippen LogP contribution is -2.00. The van der Waals surface area contributed by atoms with Gasteiger partial charge in [0.05, 0.1) is 39.0 Å². The van der Waals surface area contributed by atoms with Gasteiger partial charge in [0.25, 0.3) is 5.89 Å². The number of rotatable bonds is 5. The molecule has 0 radical (unpaired) electrons. The van der Waals surface area contributed by atoms with Crippen molar-refractivity contribution in [3.63, 3.8) is 0 Å². The predicted octanol–water partition coefficient (Wildman–Crippen LogP) is 9.72. The van der Waals surface area contributed by atoms with Crippen LogP contribution in [0.3, 0.4) is 0 Å². The molecule has 0 aliphatic rings. The van der Waals surface area contributed by atoms with E-state index in [0.717, 1.165) is 39.0 Å². The van der Waals surface area contributed by atoms with Crippen LogP contribution in [0.25, 0.3) is 66.4 Å².